The lowest BCUT2D eigenvalue weighted by atomic mass is 9.84. The van der Waals surface area contributed by atoms with Gasteiger partial charge in [-0.3, -0.25) is 4.79 Å². The molecule has 300 valence electrons. The van der Waals surface area contributed by atoms with Crippen LogP contribution in [0, 0.1) is 0 Å². The molecule has 1 aliphatic heterocycles. The average molecular weight is 780 g/mol. The van der Waals surface area contributed by atoms with Crippen LogP contribution >= 0.6 is 11.8 Å². The predicted octanol–water partition coefficient (Wildman–Crippen LogP) is 11.7. The number of carbonyl (C=O) groups is 2. The number of carbonyl (C=O) groups excluding carboxylic acids is 1. The van der Waals surface area contributed by atoms with Gasteiger partial charge in [-0.05, 0) is 52.9 Å². The molecule has 5 rings (SSSR count). The van der Waals surface area contributed by atoms with E-state index in [0.29, 0.717) is 18.7 Å². The van der Waals surface area contributed by atoms with Crippen molar-refractivity contribution in [3.63, 3.8) is 0 Å². The largest absolute Gasteiger partial charge is 0.478 e. The van der Waals surface area contributed by atoms with E-state index >= 15 is 0 Å². The lowest BCUT2D eigenvalue weighted by Gasteiger charge is -2.43. The number of carboxylic acids is 1. The molecule has 0 aliphatic carbocycles. The van der Waals surface area contributed by atoms with Crippen LogP contribution in [0.5, 0.6) is 0 Å². The predicted molar refractivity (Wildman–Crippen MR) is 226 cm³/mol. The second-order valence-corrected chi connectivity index (χ2v) is 16.1. The van der Waals surface area contributed by atoms with Gasteiger partial charge in [0, 0.05) is 35.1 Å². The van der Waals surface area contributed by atoms with Crippen LogP contribution in [0.2, 0.25) is 0 Å². The molecule has 1 saturated heterocycles. The van der Waals surface area contributed by atoms with Gasteiger partial charge in [-0.25, -0.2) is 4.79 Å². The number of rotatable bonds is 24. The lowest BCUT2D eigenvalue weighted by molar-refractivity contribution is -0.255. The molecule has 0 bridgehead atoms. The van der Waals surface area contributed by atoms with E-state index in [4.69, 9.17) is 9.47 Å². The molecule has 1 fully saturated rings. The molecule has 56 heavy (non-hydrogen) atoms. The molecule has 0 radical (unpaired) electrons. The topological polar surface area (TPSA) is 105 Å². The van der Waals surface area contributed by atoms with E-state index in [0.717, 1.165) is 45.6 Å². The van der Waals surface area contributed by atoms with Crippen molar-refractivity contribution in [3.8, 4) is 0 Å². The van der Waals surface area contributed by atoms with Gasteiger partial charge < -0.3 is 25.0 Å². The number of carboxylic acid groups (broad SMARTS) is 1. The van der Waals surface area contributed by atoms with E-state index in [9.17, 15) is 19.8 Å². The fourth-order valence-electron chi connectivity index (χ4n) is 7.41. The first-order chi connectivity index (χ1) is 27.4. The number of ether oxygens (including phenoxy) is 2. The van der Waals surface area contributed by atoms with Gasteiger partial charge >= 0.3 is 5.97 Å². The molecule has 4 aromatic carbocycles. The molecule has 8 heteroatoms. The van der Waals surface area contributed by atoms with E-state index in [1.54, 1.807) is 23.9 Å². The average Bonchev–Trinajstić information content (AvgIpc) is 3.24. The number of unbranched alkanes of at least 4 members (excludes halogenated alkanes) is 12. The van der Waals surface area contributed by atoms with Crippen LogP contribution in [-0.4, -0.2) is 33.9 Å². The summed E-state index contributed by atoms with van der Waals surface area (Å²) in [6.45, 7) is 2.70. The Balaban J connectivity index is 1.16. The Kier molecular flexibility index (Phi) is 18.5. The monoisotopic (exact) mass is 779 g/mol. The third-order valence-electron chi connectivity index (χ3n) is 10.7. The summed E-state index contributed by atoms with van der Waals surface area (Å²) in [4.78, 5) is 25.0. The molecule has 0 spiro atoms. The summed E-state index contributed by atoms with van der Waals surface area (Å²) in [6.07, 6.45) is 16.1. The van der Waals surface area contributed by atoms with Gasteiger partial charge in [-0.2, -0.15) is 0 Å². The smallest absolute Gasteiger partial charge is 0.335 e. The van der Waals surface area contributed by atoms with Gasteiger partial charge in [0.15, 0.2) is 6.29 Å². The number of thioether (sulfide) groups is 1. The molecular weight excluding hydrogens is 719 g/mol. The molecule has 4 aromatic rings. The Morgan fingerprint density at radius 2 is 1.21 bits per heavy atom. The maximum absolute atomic E-state index is 12.6. The number of benzene rings is 4. The van der Waals surface area contributed by atoms with Crippen molar-refractivity contribution in [1.29, 1.82) is 0 Å². The van der Waals surface area contributed by atoms with Crippen molar-refractivity contribution in [1.82, 2.24) is 5.32 Å². The molecular formula is C48H61NO6S. The van der Waals surface area contributed by atoms with Crippen molar-refractivity contribution in [2.75, 3.05) is 5.75 Å². The van der Waals surface area contributed by atoms with Gasteiger partial charge in [-0.15, -0.1) is 11.8 Å². The fourth-order valence-corrected chi connectivity index (χ4v) is 8.38. The number of hydrogen-bond donors (Lipinski definition) is 3. The van der Waals surface area contributed by atoms with E-state index in [1.165, 1.54) is 70.6 Å². The molecule has 3 N–H and O–H groups in total. The molecule has 1 aliphatic rings. The zero-order chi connectivity index (χ0) is 39.4. The first-order valence-corrected chi connectivity index (χ1v) is 21.8. The third-order valence-corrected chi connectivity index (χ3v) is 11.8. The normalized spacial score (nSPS) is 18.1. The zero-order valence-corrected chi connectivity index (χ0v) is 33.9. The number of aromatic carboxylic acids is 1. The fraction of sp³-hybridized carbons (Fsp3) is 0.458. The summed E-state index contributed by atoms with van der Waals surface area (Å²) in [5.74, 6) is -0.381. The number of hydrogen-bond acceptors (Lipinski definition) is 6. The summed E-state index contributed by atoms with van der Waals surface area (Å²) in [5.41, 5.74) is 5.07. The van der Waals surface area contributed by atoms with Gasteiger partial charge in [0.05, 0.1) is 24.4 Å². The molecule has 1 heterocycles. The Hall–Kier alpha value is -3.95. The van der Waals surface area contributed by atoms with Gasteiger partial charge in [0.25, 0.3) is 0 Å². The van der Waals surface area contributed by atoms with E-state index in [-0.39, 0.29) is 36.2 Å². The van der Waals surface area contributed by atoms with Gasteiger partial charge in [0.1, 0.15) is 0 Å². The van der Waals surface area contributed by atoms with E-state index in [1.807, 2.05) is 78.9 Å². The summed E-state index contributed by atoms with van der Waals surface area (Å²) < 4.78 is 13.7. The van der Waals surface area contributed by atoms with Crippen LogP contribution in [-0.2, 0) is 27.4 Å². The molecule has 7 nitrogen and oxygen atoms in total. The molecule has 1 unspecified atom stereocenters. The highest BCUT2D eigenvalue weighted by Gasteiger charge is 2.42. The minimum atomic E-state index is -0.949. The summed E-state index contributed by atoms with van der Waals surface area (Å²) in [6, 6.07) is 33.2. The second-order valence-electron chi connectivity index (χ2n) is 15.1. The SMILES string of the molecule is CCCCCCCCCCCCCCCC(=O)NCc1ccc(C2O[C@H](CSc3ccc(C(=O)O)cc3)[C@@H](c3ccccc3)[C@H](c3ccc(CO)cc3)O2)cc1. The summed E-state index contributed by atoms with van der Waals surface area (Å²) in [7, 11) is 0. The Morgan fingerprint density at radius 3 is 1.80 bits per heavy atom. The van der Waals surface area contributed by atoms with Crippen LogP contribution in [0.1, 0.15) is 153 Å². The lowest BCUT2D eigenvalue weighted by Crippen LogP contribution is -2.38. The highest BCUT2D eigenvalue weighted by atomic mass is 32.2. The van der Waals surface area contributed by atoms with Crippen molar-refractivity contribution in [2.45, 2.75) is 139 Å². The van der Waals surface area contributed by atoms with E-state index in [2.05, 4.69) is 24.4 Å². The third kappa shape index (κ3) is 13.9. The maximum atomic E-state index is 12.6. The minimum absolute atomic E-state index is 0.0359. The first kappa shape index (κ1) is 43.2. The zero-order valence-electron chi connectivity index (χ0n) is 33.1. The van der Waals surface area contributed by atoms with Crippen molar-refractivity contribution in [2.24, 2.45) is 0 Å². The van der Waals surface area contributed by atoms with Crippen LogP contribution in [0.4, 0.5) is 0 Å². The number of aliphatic hydroxyl groups is 1. The standard InChI is InChI=1S/C48H61NO6S/c1-2-3-4-5-6-7-8-9-10-11-12-13-17-20-44(51)49-33-36-21-27-41(28-22-36)48-54-43(35-56-42-31-29-40(30-32-42)47(52)53)45(38-18-15-14-16-19-38)46(55-48)39-25-23-37(34-50)24-26-39/h14-16,18-19,21-32,43,45-46,48,50H,2-13,17,20,33-35H2,1H3,(H,49,51)(H,52,53)/t43-,45-,46+,48?/m1/s1. The Labute approximate surface area is 338 Å². The molecule has 4 atom stereocenters. The highest BCUT2D eigenvalue weighted by molar-refractivity contribution is 7.99. The van der Waals surface area contributed by atoms with Crippen LogP contribution in [0.25, 0.3) is 0 Å². The second kappa shape index (κ2) is 24.0. The van der Waals surface area contributed by atoms with Crippen LogP contribution in [0.3, 0.4) is 0 Å². The highest BCUT2D eigenvalue weighted by Crippen LogP contribution is 2.48. The quantitative estimate of drug-likeness (QED) is 0.0480. The molecule has 0 saturated carbocycles. The Bertz CT molecular complexity index is 1710. The first-order valence-electron chi connectivity index (χ1n) is 20.8. The Morgan fingerprint density at radius 1 is 0.643 bits per heavy atom. The number of aliphatic hydroxyl groups excluding tert-OH is 1. The van der Waals surface area contributed by atoms with Crippen molar-refractivity contribution < 1.29 is 29.3 Å². The summed E-state index contributed by atoms with van der Waals surface area (Å²) >= 11 is 1.63. The van der Waals surface area contributed by atoms with Gasteiger partial charge in [0.2, 0.25) is 5.91 Å². The van der Waals surface area contributed by atoms with Crippen molar-refractivity contribution >= 4 is 23.6 Å². The summed E-state index contributed by atoms with van der Waals surface area (Å²) in [5, 5.41) is 22.2. The van der Waals surface area contributed by atoms with Crippen LogP contribution in [0.15, 0.2) is 108 Å². The maximum Gasteiger partial charge on any atom is 0.335 e. The molecule has 0 aromatic heterocycles. The van der Waals surface area contributed by atoms with Crippen molar-refractivity contribution in [3.05, 3.63) is 137 Å². The van der Waals surface area contributed by atoms with E-state index < -0.39 is 12.3 Å². The number of amides is 1. The van der Waals surface area contributed by atoms with Crippen LogP contribution < -0.4 is 5.32 Å². The number of nitrogens with one attached hydrogen (secondary N) is 1. The minimum Gasteiger partial charge on any atom is -0.478 e. The van der Waals surface area contributed by atoms with Gasteiger partial charge in [-0.1, -0.05) is 163 Å². The molecule has 1 amide bonds.